The van der Waals surface area contributed by atoms with Gasteiger partial charge in [-0.1, -0.05) is 24.3 Å². The van der Waals surface area contributed by atoms with Crippen LogP contribution in [0.25, 0.3) is 11.0 Å². The average Bonchev–Trinajstić information content (AvgIpc) is 3.13. The summed E-state index contributed by atoms with van der Waals surface area (Å²) in [6.45, 7) is 3.16. The summed E-state index contributed by atoms with van der Waals surface area (Å²) in [5.74, 6) is 0.604. The van der Waals surface area contributed by atoms with E-state index in [0.29, 0.717) is 25.4 Å². The summed E-state index contributed by atoms with van der Waals surface area (Å²) < 4.78 is 7.71. The maximum atomic E-state index is 11.4. The zero-order chi connectivity index (χ0) is 20.9. The van der Waals surface area contributed by atoms with Crippen LogP contribution >= 0.6 is 0 Å². The molecule has 1 aliphatic heterocycles. The van der Waals surface area contributed by atoms with Gasteiger partial charge < -0.3 is 19.7 Å². The summed E-state index contributed by atoms with van der Waals surface area (Å²) >= 11 is 0. The number of aldehydes is 1. The molecule has 0 saturated heterocycles. The first-order chi connectivity index (χ1) is 14.6. The van der Waals surface area contributed by atoms with Crippen molar-refractivity contribution in [1.29, 1.82) is 0 Å². The van der Waals surface area contributed by atoms with E-state index in [1.807, 2.05) is 29.8 Å². The quantitative estimate of drug-likeness (QED) is 0.523. The first-order valence-electron chi connectivity index (χ1n) is 10.3. The Morgan fingerprint density at radius 1 is 1.23 bits per heavy atom. The van der Waals surface area contributed by atoms with E-state index in [4.69, 9.17) is 4.74 Å². The van der Waals surface area contributed by atoms with E-state index in [2.05, 4.69) is 39.5 Å². The molecular weight excluding hydrogens is 380 g/mol. The zero-order valence-corrected chi connectivity index (χ0v) is 17.2. The van der Waals surface area contributed by atoms with E-state index in [0.717, 1.165) is 36.8 Å². The highest BCUT2D eigenvalue weighted by molar-refractivity contribution is 5.77. The van der Waals surface area contributed by atoms with Gasteiger partial charge in [0.05, 0.1) is 23.5 Å². The molecule has 158 valence electrons. The lowest BCUT2D eigenvalue weighted by Crippen LogP contribution is -2.43. The number of rotatable bonds is 9. The lowest BCUT2D eigenvalue weighted by atomic mass is 10.00. The molecule has 7 heteroatoms. The fraction of sp³-hybridized carbons (Fsp3) is 0.391. The van der Waals surface area contributed by atoms with E-state index in [1.54, 1.807) is 6.33 Å². The van der Waals surface area contributed by atoms with Crippen LogP contribution in [0, 0.1) is 0 Å². The van der Waals surface area contributed by atoms with Gasteiger partial charge >= 0.3 is 0 Å². The summed E-state index contributed by atoms with van der Waals surface area (Å²) in [5, 5.41) is 13.6. The van der Waals surface area contributed by atoms with E-state index >= 15 is 0 Å². The number of nitrogens with zero attached hydrogens (tertiary/aromatic N) is 3. The van der Waals surface area contributed by atoms with Crippen molar-refractivity contribution in [3.63, 3.8) is 0 Å². The Morgan fingerprint density at radius 3 is 2.90 bits per heavy atom. The van der Waals surface area contributed by atoms with E-state index in [9.17, 15) is 9.90 Å². The van der Waals surface area contributed by atoms with Gasteiger partial charge in [-0.15, -0.1) is 0 Å². The molecule has 2 N–H and O–H groups in total. The van der Waals surface area contributed by atoms with Gasteiger partial charge in [-0.05, 0) is 29.7 Å². The Bertz CT molecular complexity index is 1000. The van der Waals surface area contributed by atoms with E-state index in [1.165, 1.54) is 11.1 Å². The van der Waals surface area contributed by atoms with Crippen LogP contribution in [-0.2, 0) is 24.8 Å². The minimum atomic E-state index is -0.625. The van der Waals surface area contributed by atoms with E-state index < -0.39 is 12.2 Å². The minimum absolute atomic E-state index is 0.337. The molecule has 2 heterocycles. The van der Waals surface area contributed by atoms with Crippen molar-refractivity contribution in [2.75, 3.05) is 26.2 Å². The normalized spacial score (nSPS) is 16.2. The van der Waals surface area contributed by atoms with Crippen molar-refractivity contribution in [3.8, 4) is 5.75 Å². The van der Waals surface area contributed by atoms with Crippen LogP contribution in [0.1, 0.15) is 11.1 Å². The molecule has 0 bridgehead atoms. The molecule has 1 aromatic heterocycles. The number of imidazole rings is 1. The zero-order valence-electron chi connectivity index (χ0n) is 17.2. The molecule has 4 rings (SSSR count). The third kappa shape index (κ3) is 4.87. The Hall–Kier alpha value is -2.74. The van der Waals surface area contributed by atoms with Gasteiger partial charge in [0.25, 0.3) is 0 Å². The Labute approximate surface area is 176 Å². The number of carbonyl (C=O) groups excluding carboxylic acids is 1. The van der Waals surface area contributed by atoms with Gasteiger partial charge in [0.15, 0.2) is 12.4 Å². The first-order valence-corrected chi connectivity index (χ1v) is 10.3. The van der Waals surface area contributed by atoms with Crippen LogP contribution in [0.3, 0.4) is 0 Å². The van der Waals surface area contributed by atoms with Crippen molar-refractivity contribution >= 4 is 17.3 Å². The predicted octanol–water partition coefficient (Wildman–Crippen LogP) is 1.53. The van der Waals surface area contributed by atoms with Crippen molar-refractivity contribution in [3.05, 3.63) is 59.9 Å². The Balaban J connectivity index is 1.22. The predicted molar refractivity (Wildman–Crippen MR) is 115 cm³/mol. The molecule has 30 heavy (non-hydrogen) atoms. The number of β-amino-alcohol motifs (C(OH)–C–C–N with tert-alkyl or cyclic N) is 1. The number of fused-ring (bicyclic) bond motifs is 2. The van der Waals surface area contributed by atoms with Crippen LogP contribution in [-0.4, -0.2) is 64.2 Å². The number of hydrogen-bond acceptors (Lipinski definition) is 6. The minimum Gasteiger partial charge on any atom is -0.482 e. The second-order valence-corrected chi connectivity index (χ2v) is 7.86. The van der Waals surface area contributed by atoms with Gasteiger partial charge in [0.1, 0.15) is 5.75 Å². The summed E-state index contributed by atoms with van der Waals surface area (Å²) in [6.07, 6.45) is 2.41. The van der Waals surface area contributed by atoms with E-state index in [-0.39, 0.29) is 0 Å². The van der Waals surface area contributed by atoms with Crippen LogP contribution in [0.5, 0.6) is 5.75 Å². The van der Waals surface area contributed by atoms with Gasteiger partial charge in [0, 0.05) is 45.8 Å². The molecule has 2 atom stereocenters. The van der Waals surface area contributed by atoms with Gasteiger partial charge in [-0.3, -0.25) is 9.69 Å². The lowest BCUT2D eigenvalue weighted by molar-refractivity contribution is -0.113. The summed E-state index contributed by atoms with van der Waals surface area (Å²) in [7, 11) is 1.93. The number of aliphatic hydroxyl groups excluding tert-OH is 1. The molecule has 3 aromatic rings. The molecule has 2 unspecified atom stereocenters. The highest BCUT2D eigenvalue weighted by Crippen LogP contribution is 2.20. The second kappa shape index (κ2) is 9.38. The Morgan fingerprint density at radius 2 is 2.07 bits per heavy atom. The van der Waals surface area contributed by atoms with Crippen molar-refractivity contribution < 1.29 is 14.6 Å². The van der Waals surface area contributed by atoms with Crippen molar-refractivity contribution in [1.82, 2.24) is 19.8 Å². The smallest absolute Gasteiger partial charge is 0.166 e. The Kier molecular flexibility index (Phi) is 6.42. The number of ether oxygens (including phenoxy) is 1. The SMILES string of the molecule is Cn1cnc2cc(OC(C=O)CNCC(O)CN3CCc4ccccc4C3)ccc21. The van der Waals surface area contributed by atoms with Crippen LogP contribution < -0.4 is 10.1 Å². The fourth-order valence-corrected chi connectivity index (χ4v) is 3.95. The lowest BCUT2D eigenvalue weighted by Gasteiger charge is -2.30. The molecule has 0 radical (unpaired) electrons. The summed E-state index contributed by atoms with van der Waals surface area (Å²) in [4.78, 5) is 18.0. The topological polar surface area (TPSA) is 79.6 Å². The first kappa shape index (κ1) is 20.5. The molecule has 0 saturated carbocycles. The van der Waals surface area contributed by atoms with Crippen molar-refractivity contribution in [2.45, 2.75) is 25.2 Å². The third-order valence-electron chi connectivity index (χ3n) is 5.54. The largest absolute Gasteiger partial charge is 0.482 e. The number of nitrogens with one attached hydrogen (secondary N) is 1. The molecule has 2 aromatic carbocycles. The van der Waals surface area contributed by atoms with Gasteiger partial charge in [-0.25, -0.2) is 4.98 Å². The molecule has 0 amide bonds. The molecule has 0 fully saturated rings. The fourth-order valence-electron chi connectivity index (χ4n) is 3.95. The summed E-state index contributed by atoms with van der Waals surface area (Å²) in [6, 6.07) is 14.1. The van der Waals surface area contributed by atoms with Gasteiger partial charge in [-0.2, -0.15) is 0 Å². The number of aliphatic hydroxyl groups is 1. The maximum Gasteiger partial charge on any atom is 0.166 e. The van der Waals surface area contributed by atoms with Gasteiger partial charge in [0.2, 0.25) is 0 Å². The number of aromatic nitrogens is 2. The molecule has 0 aliphatic carbocycles. The molecular formula is C23H28N4O3. The molecule has 7 nitrogen and oxygen atoms in total. The number of carbonyl (C=O) groups is 1. The average molecular weight is 409 g/mol. The number of aryl methyl sites for hydroxylation is 1. The third-order valence-corrected chi connectivity index (χ3v) is 5.54. The molecule has 0 spiro atoms. The molecule has 1 aliphatic rings. The van der Waals surface area contributed by atoms with Crippen LogP contribution in [0.4, 0.5) is 0 Å². The summed E-state index contributed by atoms with van der Waals surface area (Å²) in [5.41, 5.74) is 4.57. The van der Waals surface area contributed by atoms with Crippen LogP contribution in [0.15, 0.2) is 48.8 Å². The monoisotopic (exact) mass is 408 g/mol. The van der Waals surface area contributed by atoms with Crippen molar-refractivity contribution in [2.24, 2.45) is 7.05 Å². The second-order valence-electron chi connectivity index (χ2n) is 7.86. The highest BCUT2D eigenvalue weighted by Gasteiger charge is 2.19. The highest BCUT2D eigenvalue weighted by atomic mass is 16.5. The van der Waals surface area contributed by atoms with Crippen LogP contribution in [0.2, 0.25) is 0 Å². The standard InChI is InChI=1S/C23H28N4O3/c1-26-16-25-22-10-20(6-7-23(22)26)30-21(15-28)12-24-11-19(29)14-27-9-8-17-4-2-3-5-18(17)13-27/h2-7,10,15-16,19,21,24,29H,8-9,11-14H2,1H3. The maximum absolute atomic E-state index is 11.4. The number of hydrogen-bond donors (Lipinski definition) is 2. The number of benzene rings is 2.